The first kappa shape index (κ1) is 13.4. The lowest BCUT2D eigenvalue weighted by molar-refractivity contribution is -0.144. The van der Waals surface area contributed by atoms with Crippen LogP contribution in [0.4, 0.5) is 0 Å². The Morgan fingerprint density at radius 3 is 2.81 bits per heavy atom. The molecule has 0 saturated heterocycles. The molecule has 6 heteroatoms. The molecule has 0 aliphatic heterocycles. The average molecular weight is 264 g/mol. The highest BCUT2D eigenvalue weighted by Crippen LogP contribution is 2.22. The number of rotatable bonds is 6. The van der Waals surface area contributed by atoms with E-state index in [0.29, 0.717) is 10.9 Å². The molecule has 1 heterocycles. The summed E-state index contributed by atoms with van der Waals surface area (Å²) in [5, 5.41) is 9.01. The lowest BCUT2D eigenvalue weighted by Crippen LogP contribution is -2.41. The van der Waals surface area contributed by atoms with Crippen LogP contribution in [-0.2, 0) is 16.1 Å². The van der Waals surface area contributed by atoms with Gasteiger partial charge >= 0.3 is 5.97 Å². The molecule has 1 atom stereocenters. The van der Waals surface area contributed by atoms with Crippen molar-refractivity contribution in [2.75, 3.05) is 20.8 Å². The van der Waals surface area contributed by atoms with Gasteiger partial charge in [-0.3, -0.25) is 9.69 Å². The largest absolute Gasteiger partial charge is 0.480 e. The monoisotopic (exact) mass is 263 g/mol. The summed E-state index contributed by atoms with van der Waals surface area (Å²) in [6.07, 6.45) is 0. The van der Waals surface area contributed by atoms with Crippen molar-refractivity contribution in [2.24, 2.45) is 0 Å². The third-order valence-corrected chi connectivity index (χ3v) is 3.39. The van der Waals surface area contributed by atoms with Crippen LogP contribution in [-0.4, -0.2) is 42.8 Å². The zero-order valence-electron chi connectivity index (χ0n) is 9.14. The maximum atomic E-state index is 11.0. The Morgan fingerprint density at radius 1 is 1.69 bits per heavy atom. The molecule has 0 amide bonds. The number of thiophene rings is 1. The van der Waals surface area contributed by atoms with Gasteiger partial charge in [0, 0.05) is 18.5 Å². The van der Waals surface area contributed by atoms with Gasteiger partial charge in [0.1, 0.15) is 6.04 Å². The molecule has 0 radical (unpaired) electrons. The summed E-state index contributed by atoms with van der Waals surface area (Å²) in [5.74, 6) is -0.882. The van der Waals surface area contributed by atoms with E-state index < -0.39 is 12.0 Å². The smallest absolute Gasteiger partial charge is 0.323 e. The minimum atomic E-state index is -0.882. The zero-order valence-corrected chi connectivity index (χ0v) is 10.7. The Kier molecular flexibility index (Phi) is 5.21. The van der Waals surface area contributed by atoms with E-state index in [1.807, 2.05) is 12.1 Å². The van der Waals surface area contributed by atoms with Gasteiger partial charge in [-0.2, -0.15) is 0 Å². The molecule has 0 saturated carbocycles. The van der Waals surface area contributed by atoms with E-state index in [4.69, 9.17) is 21.4 Å². The predicted molar refractivity (Wildman–Crippen MR) is 64.1 cm³/mol. The van der Waals surface area contributed by atoms with E-state index in [2.05, 4.69) is 0 Å². The fraction of sp³-hybridized carbons (Fsp3) is 0.500. The average Bonchev–Trinajstić information content (AvgIpc) is 2.59. The van der Waals surface area contributed by atoms with Gasteiger partial charge in [-0.1, -0.05) is 11.6 Å². The highest BCUT2D eigenvalue weighted by Gasteiger charge is 2.22. The van der Waals surface area contributed by atoms with E-state index in [-0.39, 0.29) is 6.61 Å². The van der Waals surface area contributed by atoms with Crippen molar-refractivity contribution in [3.63, 3.8) is 0 Å². The van der Waals surface area contributed by atoms with Crippen molar-refractivity contribution in [2.45, 2.75) is 12.6 Å². The molecule has 1 aromatic rings. The first-order chi connectivity index (χ1) is 7.54. The number of nitrogens with zero attached hydrogens (tertiary/aromatic N) is 1. The first-order valence-corrected chi connectivity index (χ1v) is 5.90. The standard InChI is InChI=1S/C10H14ClNO3S/c1-12(8(6-15-2)10(13)14)5-7-3-4-9(11)16-7/h3-4,8H,5-6H2,1-2H3,(H,13,14). The number of carboxylic acid groups (broad SMARTS) is 1. The van der Waals surface area contributed by atoms with E-state index in [0.717, 1.165) is 4.88 Å². The summed E-state index contributed by atoms with van der Waals surface area (Å²) in [4.78, 5) is 13.7. The predicted octanol–water partition coefficient (Wildman–Crippen LogP) is 1.93. The lowest BCUT2D eigenvalue weighted by atomic mass is 10.2. The van der Waals surface area contributed by atoms with Crippen LogP contribution in [0.1, 0.15) is 4.88 Å². The van der Waals surface area contributed by atoms with Gasteiger partial charge < -0.3 is 9.84 Å². The Morgan fingerprint density at radius 2 is 2.38 bits per heavy atom. The number of aliphatic carboxylic acids is 1. The van der Waals surface area contributed by atoms with Crippen LogP contribution in [0.25, 0.3) is 0 Å². The van der Waals surface area contributed by atoms with Crippen molar-refractivity contribution in [3.8, 4) is 0 Å². The van der Waals surface area contributed by atoms with Crippen molar-refractivity contribution in [1.82, 2.24) is 4.90 Å². The van der Waals surface area contributed by atoms with Gasteiger partial charge in [-0.25, -0.2) is 0 Å². The number of likely N-dealkylation sites (N-methyl/N-ethyl adjacent to an activating group) is 1. The van der Waals surface area contributed by atoms with Crippen LogP contribution >= 0.6 is 22.9 Å². The summed E-state index contributed by atoms with van der Waals surface area (Å²) in [6.45, 7) is 0.725. The summed E-state index contributed by atoms with van der Waals surface area (Å²) < 4.78 is 5.59. The second-order valence-electron chi connectivity index (χ2n) is 3.43. The Bertz CT molecular complexity index is 356. The van der Waals surface area contributed by atoms with Crippen molar-refractivity contribution in [1.29, 1.82) is 0 Å². The molecule has 0 bridgehead atoms. The molecule has 90 valence electrons. The highest BCUT2D eigenvalue weighted by atomic mass is 35.5. The molecule has 0 fully saturated rings. The fourth-order valence-corrected chi connectivity index (χ4v) is 2.49. The molecule has 0 aliphatic carbocycles. The topological polar surface area (TPSA) is 49.8 Å². The highest BCUT2D eigenvalue weighted by molar-refractivity contribution is 7.16. The van der Waals surface area contributed by atoms with Crippen LogP contribution in [0.5, 0.6) is 0 Å². The van der Waals surface area contributed by atoms with E-state index in [9.17, 15) is 4.79 Å². The molecule has 4 nitrogen and oxygen atoms in total. The number of ether oxygens (including phenoxy) is 1. The van der Waals surface area contributed by atoms with Crippen LogP contribution < -0.4 is 0 Å². The molecule has 1 aromatic heterocycles. The van der Waals surface area contributed by atoms with Crippen molar-refractivity contribution >= 4 is 28.9 Å². The van der Waals surface area contributed by atoms with Gasteiger partial charge in [-0.15, -0.1) is 11.3 Å². The van der Waals surface area contributed by atoms with Crippen molar-refractivity contribution < 1.29 is 14.6 Å². The van der Waals surface area contributed by atoms with Gasteiger partial charge in [0.25, 0.3) is 0 Å². The van der Waals surface area contributed by atoms with Gasteiger partial charge in [0.2, 0.25) is 0 Å². The second kappa shape index (κ2) is 6.20. The molecule has 1 unspecified atom stereocenters. The lowest BCUT2D eigenvalue weighted by Gasteiger charge is -2.23. The van der Waals surface area contributed by atoms with Gasteiger partial charge in [0.15, 0.2) is 0 Å². The number of methoxy groups -OCH3 is 1. The minimum Gasteiger partial charge on any atom is -0.480 e. The quantitative estimate of drug-likeness (QED) is 0.852. The molecule has 16 heavy (non-hydrogen) atoms. The van der Waals surface area contributed by atoms with E-state index in [1.165, 1.54) is 18.4 Å². The third-order valence-electron chi connectivity index (χ3n) is 2.18. The van der Waals surface area contributed by atoms with Crippen LogP contribution in [0, 0.1) is 0 Å². The minimum absolute atomic E-state index is 0.172. The fourth-order valence-electron chi connectivity index (χ4n) is 1.34. The normalized spacial score (nSPS) is 13.0. The second-order valence-corrected chi connectivity index (χ2v) is 5.23. The Hall–Kier alpha value is -0.620. The maximum Gasteiger partial charge on any atom is 0.323 e. The molecular formula is C10H14ClNO3S. The van der Waals surface area contributed by atoms with E-state index in [1.54, 1.807) is 11.9 Å². The molecule has 0 aromatic carbocycles. The first-order valence-electron chi connectivity index (χ1n) is 4.70. The Labute approximate surface area is 103 Å². The summed E-state index contributed by atoms with van der Waals surface area (Å²) in [7, 11) is 3.25. The number of carbonyl (C=O) groups is 1. The third kappa shape index (κ3) is 3.75. The van der Waals surface area contributed by atoms with E-state index >= 15 is 0 Å². The number of halogens is 1. The summed E-state index contributed by atoms with van der Waals surface area (Å²) >= 11 is 7.26. The number of carboxylic acids is 1. The van der Waals surface area contributed by atoms with Gasteiger partial charge in [-0.05, 0) is 19.2 Å². The zero-order chi connectivity index (χ0) is 12.1. The molecule has 0 aliphatic rings. The van der Waals surface area contributed by atoms with Gasteiger partial charge in [0.05, 0.1) is 10.9 Å². The van der Waals surface area contributed by atoms with Crippen LogP contribution in [0.3, 0.4) is 0 Å². The summed E-state index contributed by atoms with van der Waals surface area (Å²) in [5.41, 5.74) is 0. The van der Waals surface area contributed by atoms with Crippen LogP contribution in [0.15, 0.2) is 12.1 Å². The number of hydrogen-bond donors (Lipinski definition) is 1. The molecule has 1 rings (SSSR count). The number of hydrogen-bond acceptors (Lipinski definition) is 4. The Balaban J connectivity index is 2.61. The van der Waals surface area contributed by atoms with Crippen molar-refractivity contribution in [3.05, 3.63) is 21.3 Å². The maximum absolute atomic E-state index is 11.0. The molecule has 0 spiro atoms. The molecular weight excluding hydrogens is 250 g/mol. The van der Waals surface area contributed by atoms with Crippen LogP contribution in [0.2, 0.25) is 4.34 Å². The SMILES string of the molecule is COCC(C(=O)O)N(C)Cc1ccc(Cl)s1. The molecule has 1 N–H and O–H groups in total. The summed E-state index contributed by atoms with van der Waals surface area (Å²) in [6, 6.07) is 3.07.